The first-order valence-electron chi connectivity index (χ1n) is 13.9. The van der Waals surface area contributed by atoms with Crippen molar-refractivity contribution >= 4 is 50.7 Å². The van der Waals surface area contributed by atoms with Crippen molar-refractivity contribution < 1.29 is 31.2 Å². The van der Waals surface area contributed by atoms with Gasteiger partial charge in [-0.05, 0) is 74.7 Å². The van der Waals surface area contributed by atoms with Crippen molar-refractivity contribution in [3.05, 3.63) is 93.5 Å². The molecule has 238 valence electrons. The molecule has 0 heterocycles. The third-order valence-electron chi connectivity index (χ3n) is 7.08. The molecular weight excluding hydrogens is 638 g/mol. The highest BCUT2D eigenvalue weighted by atomic mass is 35.5. The smallest absolute Gasteiger partial charge is 0.352 e. The Balaban J connectivity index is 2.15. The largest absolute Gasteiger partial charge is 0.417 e. The summed E-state index contributed by atoms with van der Waals surface area (Å²) in [6.07, 6.45) is -4.07. The quantitative estimate of drug-likeness (QED) is 0.220. The number of rotatable bonds is 12. The number of carbonyl (C=O) groups is 2. The van der Waals surface area contributed by atoms with E-state index in [0.717, 1.165) is 17.7 Å². The number of anilines is 1. The Kier molecular flexibility index (Phi) is 11.7. The molecule has 2 amide bonds. The van der Waals surface area contributed by atoms with Crippen molar-refractivity contribution in [1.29, 1.82) is 0 Å². The average molecular weight is 673 g/mol. The van der Waals surface area contributed by atoms with Crippen molar-refractivity contribution in [3.8, 4) is 0 Å². The number of hydrogen-bond donors (Lipinski definition) is 1. The number of nitrogens with zero attached hydrogens (tertiary/aromatic N) is 2. The van der Waals surface area contributed by atoms with Gasteiger partial charge in [0.1, 0.15) is 12.6 Å². The number of hydrogen-bond acceptors (Lipinski definition) is 4. The van der Waals surface area contributed by atoms with E-state index in [2.05, 4.69) is 5.32 Å². The van der Waals surface area contributed by atoms with Gasteiger partial charge in [0.15, 0.2) is 0 Å². The standard InChI is InChI=1S/C31H34Cl2F3N3O4S/c1-5-21(4)37-30(41)28(6-2)38(18-22-9-11-23(32)12-10-22)29(40)19-39(44(42,43)25-14-7-20(3)8-15-25)24-13-16-27(33)26(17-24)31(34,35)36/h7-17,21,28H,5-6,18-19H2,1-4H3,(H,37,41)/t21-,28-/m1/s1. The summed E-state index contributed by atoms with van der Waals surface area (Å²) in [4.78, 5) is 28.4. The van der Waals surface area contributed by atoms with Gasteiger partial charge in [0.05, 0.1) is 21.2 Å². The SMILES string of the molecule is CC[C@@H](C)NC(=O)[C@@H](CC)N(Cc1ccc(Cl)cc1)C(=O)CN(c1ccc(Cl)c(C(F)(F)F)c1)S(=O)(=O)c1ccc(C)cc1. The molecule has 7 nitrogen and oxygen atoms in total. The fourth-order valence-corrected chi connectivity index (χ4v) is 6.16. The van der Waals surface area contributed by atoms with Crippen LogP contribution in [0.25, 0.3) is 0 Å². The van der Waals surface area contributed by atoms with Gasteiger partial charge in [0.2, 0.25) is 11.8 Å². The molecule has 1 N–H and O–H groups in total. The summed E-state index contributed by atoms with van der Waals surface area (Å²) in [5.41, 5.74) is -0.314. The second-order valence-corrected chi connectivity index (χ2v) is 13.1. The molecule has 3 rings (SSSR count). The zero-order chi connectivity index (χ0) is 32.8. The monoisotopic (exact) mass is 671 g/mol. The second-order valence-electron chi connectivity index (χ2n) is 10.4. The third-order valence-corrected chi connectivity index (χ3v) is 9.45. The lowest BCUT2D eigenvalue weighted by Gasteiger charge is -2.34. The van der Waals surface area contributed by atoms with Gasteiger partial charge in [0, 0.05) is 17.6 Å². The predicted molar refractivity (Wildman–Crippen MR) is 166 cm³/mol. The van der Waals surface area contributed by atoms with Gasteiger partial charge in [-0.2, -0.15) is 13.2 Å². The lowest BCUT2D eigenvalue weighted by molar-refractivity contribution is -0.140. The molecule has 3 aromatic carbocycles. The van der Waals surface area contributed by atoms with Gasteiger partial charge in [-0.15, -0.1) is 0 Å². The minimum atomic E-state index is -4.89. The maximum absolute atomic E-state index is 14.1. The molecule has 0 saturated heterocycles. The Bertz CT molecular complexity index is 1570. The number of sulfonamides is 1. The van der Waals surface area contributed by atoms with E-state index in [1.807, 2.05) is 13.8 Å². The van der Waals surface area contributed by atoms with Gasteiger partial charge in [-0.3, -0.25) is 13.9 Å². The molecule has 0 spiro atoms. The Morgan fingerprint density at radius 2 is 1.55 bits per heavy atom. The molecule has 2 atom stereocenters. The molecule has 13 heteroatoms. The van der Waals surface area contributed by atoms with E-state index >= 15 is 0 Å². The summed E-state index contributed by atoms with van der Waals surface area (Å²) in [6.45, 7) is 6.17. The number of carbonyl (C=O) groups excluding carboxylic acids is 2. The van der Waals surface area contributed by atoms with Gasteiger partial charge in [-0.1, -0.05) is 66.9 Å². The molecule has 0 aliphatic heterocycles. The predicted octanol–water partition coefficient (Wildman–Crippen LogP) is 7.24. The fraction of sp³-hybridized carbons (Fsp3) is 0.355. The molecule has 0 radical (unpaired) electrons. The zero-order valence-electron chi connectivity index (χ0n) is 24.7. The zero-order valence-corrected chi connectivity index (χ0v) is 27.0. The highest BCUT2D eigenvalue weighted by Crippen LogP contribution is 2.38. The van der Waals surface area contributed by atoms with Crippen LogP contribution in [-0.4, -0.2) is 43.8 Å². The van der Waals surface area contributed by atoms with Crippen LogP contribution in [0.5, 0.6) is 0 Å². The van der Waals surface area contributed by atoms with Gasteiger partial charge < -0.3 is 10.2 Å². The first kappa shape index (κ1) is 35.2. The van der Waals surface area contributed by atoms with Crippen LogP contribution in [0.15, 0.2) is 71.6 Å². The van der Waals surface area contributed by atoms with E-state index < -0.39 is 56.9 Å². The van der Waals surface area contributed by atoms with Gasteiger partial charge >= 0.3 is 6.18 Å². The lowest BCUT2D eigenvalue weighted by atomic mass is 10.1. The van der Waals surface area contributed by atoms with Crippen LogP contribution in [-0.2, 0) is 32.3 Å². The maximum atomic E-state index is 14.1. The van der Waals surface area contributed by atoms with E-state index in [4.69, 9.17) is 23.2 Å². The van der Waals surface area contributed by atoms with Crippen LogP contribution in [0.4, 0.5) is 18.9 Å². The van der Waals surface area contributed by atoms with Crippen molar-refractivity contribution in [2.45, 2.75) is 70.2 Å². The van der Waals surface area contributed by atoms with Gasteiger partial charge in [-0.25, -0.2) is 8.42 Å². The van der Waals surface area contributed by atoms with E-state index in [-0.39, 0.29) is 23.9 Å². The van der Waals surface area contributed by atoms with Crippen molar-refractivity contribution in [2.24, 2.45) is 0 Å². The molecule has 44 heavy (non-hydrogen) atoms. The Labute approximate surface area is 266 Å². The lowest BCUT2D eigenvalue weighted by Crippen LogP contribution is -2.53. The normalized spacial score (nSPS) is 13.2. The molecule has 0 bridgehead atoms. The Morgan fingerprint density at radius 3 is 2.09 bits per heavy atom. The van der Waals surface area contributed by atoms with Crippen molar-refractivity contribution in [1.82, 2.24) is 10.2 Å². The van der Waals surface area contributed by atoms with Crippen LogP contribution < -0.4 is 9.62 Å². The first-order valence-corrected chi connectivity index (χ1v) is 16.1. The van der Waals surface area contributed by atoms with Crippen LogP contribution in [0, 0.1) is 6.92 Å². The minimum Gasteiger partial charge on any atom is -0.352 e. The highest BCUT2D eigenvalue weighted by molar-refractivity contribution is 7.92. The highest BCUT2D eigenvalue weighted by Gasteiger charge is 2.37. The number of nitrogens with one attached hydrogen (secondary N) is 1. The van der Waals surface area contributed by atoms with Crippen molar-refractivity contribution in [3.63, 3.8) is 0 Å². The topological polar surface area (TPSA) is 86.8 Å². The average Bonchev–Trinajstić information content (AvgIpc) is 2.96. The summed E-state index contributed by atoms with van der Waals surface area (Å²) in [5, 5.41) is 2.69. The molecule has 0 aromatic heterocycles. The molecule has 0 unspecified atom stereocenters. The summed E-state index contributed by atoms with van der Waals surface area (Å²) in [7, 11) is -4.57. The maximum Gasteiger partial charge on any atom is 0.417 e. The molecule has 0 aliphatic rings. The van der Waals surface area contributed by atoms with Crippen LogP contribution in [0.1, 0.15) is 50.3 Å². The number of amides is 2. The molecular formula is C31H34Cl2F3N3O4S. The van der Waals surface area contributed by atoms with E-state index in [9.17, 15) is 31.2 Å². The molecule has 0 fully saturated rings. The van der Waals surface area contributed by atoms with E-state index in [0.29, 0.717) is 27.4 Å². The third kappa shape index (κ3) is 8.67. The number of halogens is 5. The van der Waals surface area contributed by atoms with Crippen LogP contribution in [0.3, 0.4) is 0 Å². The second kappa shape index (κ2) is 14.7. The van der Waals surface area contributed by atoms with Crippen LogP contribution >= 0.6 is 23.2 Å². The minimum absolute atomic E-state index is 0.0880. The van der Waals surface area contributed by atoms with E-state index in [1.165, 1.54) is 29.2 Å². The van der Waals surface area contributed by atoms with Crippen LogP contribution in [0.2, 0.25) is 10.0 Å². The molecule has 0 saturated carbocycles. The molecule has 3 aromatic rings. The summed E-state index contributed by atoms with van der Waals surface area (Å²) >= 11 is 11.9. The number of aryl methyl sites for hydroxylation is 1. The van der Waals surface area contributed by atoms with Crippen molar-refractivity contribution in [2.75, 3.05) is 10.8 Å². The van der Waals surface area contributed by atoms with Gasteiger partial charge in [0.25, 0.3) is 10.0 Å². The fourth-order valence-electron chi connectivity index (χ4n) is 4.40. The summed E-state index contributed by atoms with van der Waals surface area (Å²) in [5.74, 6) is -1.24. The number of benzene rings is 3. The summed E-state index contributed by atoms with van der Waals surface area (Å²) in [6, 6.07) is 13.7. The number of alkyl halides is 3. The Hall–Kier alpha value is -3.28. The Morgan fingerprint density at radius 1 is 0.932 bits per heavy atom. The first-order chi connectivity index (χ1) is 20.6. The van der Waals surface area contributed by atoms with E-state index in [1.54, 1.807) is 38.1 Å². The molecule has 0 aliphatic carbocycles. The summed E-state index contributed by atoms with van der Waals surface area (Å²) < 4.78 is 69.9.